The second-order valence-corrected chi connectivity index (χ2v) is 4.53. The van der Waals surface area contributed by atoms with Gasteiger partial charge in [0.2, 0.25) is 0 Å². The van der Waals surface area contributed by atoms with Crippen molar-refractivity contribution in [3.05, 3.63) is 0 Å². The number of rotatable bonds is 8. The Bertz CT molecular complexity index is 253. The second kappa shape index (κ2) is 8.00. The third-order valence-corrected chi connectivity index (χ3v) is 2.65. The van der Waals surface area contributed by atoms with Crippen LogP contribution in [0, 0.1) is 17.8 Å². The smallest absolute Gasteiger partial charge is 0.144 e. The van der Waals surface area contributed by atoms with Crippen LogP contribution in [0.3, 0.4) is 0 Å². The lowest BCUT2D eigenvalue weighted by atomic mass is 9.86. The summed E-state index contributed by atoms with van der Waals surface area (Å²) in [5.41, 5.74) is 5.36. The van der Waals surface area contributed by atoms with Crippen LogP contribution < -0.4 is 11.1 Å². The van der Waals surface area contributed by atoms with Crippen molar-refractivity contribution in [2.75, 3.05) is 13.1 Å². The molecule has 4 heteroatoms. The zero-order valence-electron chi connectivity index (χ0n) is 10.3. The van der Waals surface area contributed by atoms with Crippen molar-refractivity contribution in [2.24, 2.45) is 16.3 Å². The predicted molar refractivity (Wildman–Crippen MR) is 67.4 cm³/mol. The van der Waals surface area contributed by atoms with Crippen molar-refractivity contribution >= 4 is 5.84 Å². The van der Waals surface area contributed by atoms with E-state index in [2.05, 4.69) is 16.4 Å². The van der Waals surface area contributed by atoms with Crippen LogP contribution in [0.1, 0.15) is 39.5 Å². The number of terminal acetylenes is 1. The van der Waals surface area contributed by atoms with Crippen LogP contribution in [0.2, 0.25) is 0 Å². The second-order valence-electron chi connectivity index (χ2n) is 4.53. The SMILES string of the molecule is C#CCCNCCCCC(C)(C)C(N)=NO. The van der Waals surface area contributed by atoms with Crippen LogP contribution in [-0.2, 0) is 0 Å². The fourth-order valence-electron chi connectivity index (χ4n) is 1.37. The molecule has 16 heavy (non-hydrogen) atoms. The van der Waals surface area contributed by atoms with Crippen molar-refractivity contribution in [1.82, 2.24) is 5.32 Å². The minimum Gasteiger partial charge on any atom is -0.409 e. The van der Waals surface area contributed by atoms with Crippen LogP contribution in [0.15, 0.2) is 5.16 Å². The first-order valence-corrected chi connectivity index (χ1v) is 5.67. The molecule has 4 N–H and O–H groups in total. The number of nitrogens with one attached hydrogen (secondary N) is 1. The van der Waals surface area contributed by atoms with Gasteiger partial charge in [-0.15, -0.1) is 12.3 Å². The average Bonchev–Trinajstić information content (AvgIpc) is 2.26. The lowest BCUT2D eigenvalue weighted by molar-refractivity contribution is 0.304. The number of hydrogen-bond acceptors (Lipinski definition) is 3. The fraction of sp³-hybridized carbons (Fsp3) is 0.750. The maximum atomic E-state index is 8.60. The number of oxime groups is 1. The summed E-state index contributed by atoms with van der Waals surface area (Å²) < 4.78 is 0. The summed E-state index contributed by atoms with van der Waals surface area (Å²) in [5, 5.41) is 14.9. The van der Waals surface area contributed by atoms with E-state index in [9.17, 15) is 0 Å². The van der Waals surface area contributed by atoms with Gasteiger partial charge in [-0.3, -0.25) is 0 Å². The lowest BCUT2D eigenvalue weighted by Gasteiger charge is -2.22. The first-order valence-electron chi connectivity index (χ1n) is 5.67. The summed E-state index contributed by atoms with van der Waals surface area (Å²) in [6.45, 7) is 5.80. The van der Waals surface area contributed by atoms with E-state index in [1.807, 2.05) is 13.8 Å². The highest BCUT2D eigenvalue weighted by atomic mass is 16.4. The third-order valence-electron chi connectivity index (χ3n) is 2.65. The van der Waals surface area contributed by atoms with E-state index in [-0.39, 0.29) is 5.41 Å². The number of unbranched alkanes of at least 4 members (excludes halogenated alkanes) is 1. The van der Waals surface area contributed by atoms with E-state index in [4.69, 9.17) is 17.4 Å². The molecule has 0 radical (unpaired) electrons. The van der Waals surface area contributed by atoms with Crippen LogP contribution in [0.4, 0.5) is 0 Å². The van der Waals surface area contributed by atoms with Gasteiger partial charge >= 0.3 is 0 Å². The standard InChI is InChI=1S/C12H23N3O/c1-4-5-9-14-10-7-6-8-12(2,3)11(13)15-16/h1,14,16H,5-10H2,2-3H3,(H2,13,15). The summed E-state index contributed by atoms with van der Waals surface area (Å²) in [7, 11) is 0. The Hall–Kier alpha value is -1.21. The molecule has 4 nitrogen and oxygen atoms in total. The molecule has 0 heterocycles. The average molecular weight is 225 g/mol. The molecule has 0 aromatic carbocycles. The van der Waals surface area contributed by atoms with Gasteiger partial charge in [0, 0.05) is 18.4 Å². The summed E-state index contributed by atoms with van der Waals surface area (Å²) in [5.74, 6) is 2.88. The number of amidine groups is 1. The van der Waals surface area contributed by atoms with Crippen LogP contribution in [0.5, 0.6) is 0 Å². The molecule has 0 aliphatic heterocycles. The lowest BCUT2D eigenvalue weighted by Crippen LogP contribution is -2.32. The molecule has 0 rings (SSSR count). The Morgan fingerprint density at radius 3 is 2.69 bits per heavy atom. The summed E-state index contributed by atoms with van der Waals surface area (Å²) in [4.78, 5) is 0. The maximum Gasteiger partial charge on any atom is 0.144 e. The Morgan fingerprint density at radius 1 is 1.44 bits per heavy atom. The summed E-state index contributed by atoms with van der Waals surface area (Å²) >= 11 is 0. The molecule has 0 atom stereocenters. The maximum absolute atomic E-state index is 8.60. The van der Waals surface area contributed by atoms with Crippen molar-refractivity contribution in [2.45, 2.75) is 39.5 Å². The first-order chi connectivity index (χ1) is 7.54. The van der Waals surface area contributed by atoms with Crippen molar-refractivity contribution < 1.29 is 5.21 Å². The van der Waals surface area contributed by atoms with E-state index in [0.29, 0.717) is 5.84 Å². The molecule has 0 aromatic heterocycles. The highest BCUT2D eigenvalue weighted by Gasteiger charge is 2.22. The molecule has 0 unspecified atom stereocenters. The van der Waals surface area contributed by atoms with Gasteiger partial charge in [0.15, 0.2) is 0 Å². The molecule has 0 spiro atoms. The molecule has 0 bridgehead atoms. The molecule has 0 saturated heterocycles. The first kappa shape index (κ1) is 14.8. The Kier molecular flexibility index (Phi) is 7.40. The van der Waals surface area contributed by atoms with Gasteiger partial charge in [0.1, 0.15) is 5.84 Å². The molecular weight excluding hydrogens is 202 g/mol. The molecule has 92 valence electrons. The van der Waals surface area contributed by atoms with E-state index in [0.717, 1.165) is 38.8 Å². The third kappa shape index (κ3) is 6.31. The minimum absolute atomic E-state index is 0.229. The Balaban J connectivity index is 3.55. The van der Waals surface area contributed by atoms with Crippen molar-refractivity contribution in [1.29, 1.82) is 0 Å². The van der Waals surface area contributed by atoms with Crippen molar-refractivity contribution in [3.63, 3.8) is 0 Å². The van der Waals surface area contributed by atoms with Gasteiger partial charge in [-0.25, -0.2) is 0 Å². The summed E-state index contributed by atoms with van der Waals surface area (Å²) in [6, 6.07) is 0. The minimum atomic E-state index is -0.229. The fourth-order valence-corrected chi connectivity index (χ4v) is 1.37. The monoisotopic (exact) mass is 225 g/mol. The number of nitrogens with two attached hydrogens (primary N) is 1. The zero-order valence-corrected chi connectivity index (χ0v) is 10.3. The van der Waals surface area contributed by atoms with Crippen LogP contribution >= 0.6 is 0 Å². The van der Waals surface area contributed by atoms with Crippen LogP contribution in [-0.4, -0.2) is 24.1 Å². The Labute approximate surface area is 98.3 Å². The topological polar surface area (TPSA) is 70.6 Å². The zero-order chi connectivity index (χ0) is 12.4. The predicted octanol–water partition coefficient (Wildman–Crippen LogP) is 1.54. The quantitative estimate of drug-likeness (QED) is 0.146. The van der Waals surface area contributed by atoms with E-state index in [1.54, 1.807) is 0 Å². The normalized spacial score (nSPS) is 12.4. The Morgan fingerprint density at radius 2 is 2.12 bits per heavy atom. The molecule has 0 amide bonds. The highest BCUT2D eigenvalue weighted by Crippen LogP contribution is 2.22. The molecule has 0 aliphatic rings. The molecule has 0 aromatic rings. The van der Waals surface area contributed by atoms with Gasteiger partial charge in [0.25, 0.3) is 0 Å². The molecular formula is C12H23N3O. The van der Waals surface area contributed by atoms with E-state index in [1.165, 1.54) is 0 Å². The molecule has 0 aliphatic carbocycles. The van der Waals surface area contributed by atoms with Gasteiger partial charge in [0.05, 0.1) is 0 Å². The number of hydrogen-bond donors (Lipinski definition) is 3. The summed E-state index contributed by atoms with van der Waals surface area (Å²) in [6.07, 6.45) is 8.95. The highest BCUT2D eigenvalue weighted by molar-refractivity contribution is 5.85. The van der Waals surface area contributed by atoms with Gasteiger partial charge in [-0.05, 0) is 19.4 Å². The van der Waals surface area contributed by atoms with Crippen molar-refractivity contribution in [3.8, 4) is 12.3 Å². The van der Waals surface area contributed by atoms with Gasteiger partial charge in [-0.1, -0.05) is 25.4 Å². The molecule has 0 saturated carbocycles. The molecule has 0 fully saturated rings. The van der Waals surface area contributed by atoms with Gasteiger partial charge in [-0.2, -0.15) is 0 Å². The van der Waals surface area contributed by atoms with E-state index >= 15 is 0 Å². The van der Waals surface area contributed by atoms with E-state index < -0.39 is 0 Å². The van der Waals surface area contributed by atoms with Crippen LogP contribution in [0.25, 0.3) is 0 Å². The van der Waals surface area contributed by atoms with Gasteiger partial charge < -0.3 is 16.3 Å². The number of nitrogens with zero attached hydrogens (tertiary/aromatic N) is 1. The largest absolute Gasteiger partial charge is 0.409 e.